The predicted molar refractivity (Wildman–Crippen MR) is 81.1 cm³/mol. The Balaban J connectivity index is 2.45. The summed E-state index contributed by atoms with van der Waals surface area (Å²) in [5.41, 5.74) is 7.58. The summed E-state index contributed by atoms with van der Waals surface area (Å²) in [4.78, 5) is 0. The fourth-order valence-corrected chi connectivity index (χ4v) is 1.97. The number of nitrogens with one attached hydrogen (secondary N) is 1. The van der Waals surface area contributed by atoms with Crippen molar-refractivity contribution in [2.75, 3.05) is 11.9 Å². The van der Waals surface area contributed by atoms with E-state index in [4.69, 9.17) is 22.5 Å². The van der Waals surface area contributed by atoms with Crippen molar-refractivity contribution in [3.8, 4) is 0 Å². The molecule has 0 bridgehead atoms. The van der Waals surface area contributed by atoms with Gasteiger partial charge in [0.15, 0.2) is 0 Å². The number of anilines is 1. The number of aryl methyl sites for hydroxylation is 1. The van der Waals surface area contributed by atoms with Crippen LogP contribution >= 0.6 is 11.6 Å². The first kappa shape index (κ1) is 15.6. The lowest BCUT2D eigenvalue weighted by Gasteiger charge is -2.22. The van der Waals surface area contributed by atoms with Crippen LogP contribution in [-0.4, -0.2) is 17.6 Å². The standard InChI is InChI=1S/C14H22ClN3O/c1-10-5-6-11(15)9-12(10)17-8-4-7-14(2,3)13(16)18-19/h5-6,9,17,19H,4,7-8H2,1-3H3,(H2,16,18). The topological polar surface area (TPSA) is 70.6 Å². The largest absolute Gasteiger partial charge is 0.409 e. The average molecular weight is 284 g/mol. The van der Waals surface area contributed by atoms with Crippen LogP contribution in [0.15, 0.2) is 23.4 Å². The quantitative estimate of drug-likeness (QED) is 0.245. The summed E-state index contributed by atoms with van der Waals surface area (Å²) in [7, 11) is 0. The molecule has 0 unspecified atom stereocenters. The molecular formula is C14H22ClN3O. The van der Waals surface area contributed by atoms with Crippen LogP contribution in [0.5, 0.6) is 0 Å². The molecule has 4 N–H and O–H groups in total. The number of nitrogens with zero attached hydrogens (tertiary/aromatic N) is 1. The fourth-order valence-electron chi connectivity index (χ4n) is 1.80. The van der Waals surface area contributed by atoms with Crippen molar-refractivity contribution in [1.29, 1.82) is 0 Å². The molecule has 0 saturated heterocycles. The van der Waals surface area contributed by atoms with Gasteiger partial charge >= 0.3 is 0 Å². The third-order valence-electron chi connectivity index (χ3n) is 3.29. The summed E-state index contributed by atoms with van der Waals surface area (Å²) in [6, 6.07) is 5.79. The first-order valence-corrected chi connectivity index (χ1v) is 6.72. The molecule has 1 aromatic carbocycles. The summed E-state index contributed by atoms with van der Waals surface area (Å²) >= 11 is 5.96. The normalized spacial score (nSPS) is 12.5. The molecule has 19 heavy (non-hydrogen) atoms. The van der Waals surface area contributed by atoms with Crippen LogP contribution in [0.25, 0.3) is 0 Å². The van der Waals surface area contributed by atoms with Gasteiger partial charge in [0.2, 0.25) is 0 Å². The Morgan fingerprint density at radius 1 is 1.47 bits per heavy atom. The van der Waals surface area contributed by atoms with Crippen LogP contribution < -0.4 is 11.1 Å². The Morgan fingerprint density at radius 2 is 2.16 bits per heavy atom. The summed E-state index contributed by atoms with van der Waals surface area (Å²) < 4.78 is 0. The Hall–Kier alpha value is -1.42. The van der Waals surface area contributed by atoms with Crippen LogP contribution in [0.4, 0.5) is 5.69 Å². The molecule has 0 aromatic heterocycles. The van der Waals surface area contributed by atoms with E-state index in [9.17, 15) is 0 Å². The van der Waals surface area contributed by atoms with Crippen LogP contribution in [0.1, 0.15) is 32.3 Å². The van der Waals surface area contributed by atoms with Crippen molar-refractivity contribution in [3.63, 3.8) is 0 Å². The van der Waals surface area contributed by atoms with Crippen molar-refractivity contribution in [2.24, 2.45) is 16.3 Å². The first-order chi connectivity index (χ1) is 8.86. The van der Waals surface area contributed by atoms with E-state index in [2.05, 4.69) is 10.5 Å². The zero-order chi connectivity index (χ0) is 14.5. The van der Waals surface area contributed by atoms with Gasteiger partial charge in [-0.15, -0.1) is 0 Å². The van der Waals surface area contributed by atoms with E-state index in [-0.39, 0.29) is 11.3 Å². The van der Waals surface area contributed by atoms with Gasteiger partial charge in [-0.2, -0.15) is 0 Å². The number of amidine groups is 1. The van der Waals surface area contributed by atoms with E-state index >= 15 is 0 Å². The summed E-state index contributed by atoms with van der Waals surface area (Å²) in [6.45, 7) is 6.79. The molecule has 0 spiro atoms. The Kier molecular flexibility index (Phi) is 5.48. The molecule has 0 heterocycles. The SMILES string of the molecule is Cc1ccc(Cl)cc1NCCCC(C)(C)C(N)=NO. The minimum absolute atomic E-state index is 0.270. The van der Waals surface area contributed by atoms with E-state index in [0.717, 1.165) is 30.1 Å². The highest BCUT2D eigenvalue weighted by Gasteiger charge is 2.22. The lowest BCUT2D eigenvalue weighted by Crippen LogP contribution is -2.32. The van der Waals surface area contributed by atoms with Crippen LogP contribution in [-0.2, 0) is 0 Å². The molecule has 0 aliphatic heterocycles. The van der Waals surface area contributed by atoms with Crippen molar-refractivity contribution in [3.05, 3.63) is 28.8 Å². The molecule has 5 heteroatoms. The molecule has 1 aromatic rings. The zero-order valence-electron chi connectivity index (χ0n) is 11.7. The van der Waals surface area contributed by atoms with Crippen molar-refractivity contribution in [2.45, 2.75) is 33.6 Å². The zero-order valence-corrected chi connectivity index (χ0v) is 12.5. The first-order valence-electron chi connectivity index (χ1n) is 6.35. The Labute approximate surface area is 119 Å². The molecule has 0 saturated carbocycles. The summed E-state index contributed by atoms with van der Waals surface area (Å²) in [5, 5.41) is 15.9. The fraction of sp³-hybridized carbons (Fsp3) is 0.500. The third kappa shape index (κ3) is 4.63. The van der Waals surface area contributed by atoms with Gasteiger partial charge in [-0.05, 0) is 37.5 Å². The molecule has 0 aliphatic carbocycles. The smallest absolute Gasteiger partial charge is 0.144 e. The van der Waals surface area contributed by atoms with E-state index in [1.54, 1.807) is 0 Å². The molecule has 0 radical (unpaired) electrons. The monoisotopic (exact) mass is 283 g/mol. The second kappa shape index (κ2) is 6.66. The highest BCUT2D eigenvalue weighted by molar-refractivity contribution is 6.30. The van der Waals surface area contributed by atoms with Gasteiger partial charge in [-0.3, -0.25) is 0 Å². The molecule has 0 amide bonds. The number of hydrogen-bond donors (Lipinski definition) is 3. The number of oxime groups is 1. The molecule has 0 fully saturated rings. The maximum atomic E-state index is 8.70. The minimum atomic E-state index is -0.292. The highest BCUT2D eigenvalue weighted by Crippen LogP contribution is 2.23. The molecule has 4 nitrogen and oxygen atoms in total. The van der Waals surface area contributed by atoms with Gasteiger partial charge in [0.25, 0.3) is 0 Å². The van der Waals surface area contributed by atoms with Crippen molar-refractivity contribution >= 4 is 23.1 Å². The highest BCUT2D eigenvalue weighted by atomic mass is 35.5. The van der Waals surface area contributed by atoms with E-state index < -0.39 is 0 Å². The lowest BCUT2D eigenvalue weighted by molar-refractivity contribution is 0.305. The molecule has 0 aliphatic rings. The van der Waals surface area contributed by atoms with Crippen LogP contribution in [0, 0.1) is 12.3 Å². The van der Waals surface area contributed by atoms with Gasteiger partial charge in [-0.1, -0.05) is 36.7 Å². The number of rotatable bonds is 6. The van der Waals surface area contributed by atoms with Crippen LogP contribution in [0.3, 0.4) is 0 Å². The minimum Gasteiger partial charge on any atom is -0.409 e. The van der Waals surface area contributed by atoms with Gasteiger partial charge < -0.3 is 16.3 Å². The second-order valence-electron chi connectivity index (χ2n) is 5.36. The molecule has 0 atom stereocenters. The van der Waals surface area contributed by atoms with Gasteiger partial charge in [0.05, 0.1) is 0 Å². The van der Waals surface area contributed by atoms with E-state index in [0.29, 0.717) is 0 Å². The average Bonchev–Trinajstić information content (AvgIpc) is 2.37. The number of benzene rings is 1. The van der Waals surface area contributed by atoms with E-state index in [1.807, 2.05) is 39.0 Å². The predicted octanol–water partition coefficient (Wildman–Crippen LogP) is 3.61. The van der Waals surface area contributed by atoms with Crippen molar-refractivity contribution < 1.29 is 5.21 Å². The third-order valence-corrected chi connectivity index (χ3v) is 3.53. The second-order valence-corrected chi connectivity index (χ2v) is 5.80. The molecular weight excluding hydrogens is 262 g/mol. The summed E-state index contributed by atoms with van der Waals surface area (Å²) in [5.74, 6) is 0.270. The number of nitrogens with two attached hydrogens (primary N) is 1. The Morgan fingerprint density at radius 3 is 2.79 bits per heavy atom. The van der Waals surface area contributed by atoms with Gasteiger partial charge in [-0.25, -0.2) is 0 Å². The van der Waals surface area contributed by atoms with Crippen LogP contribution in [0.2, 0.25) is 5.02 Å². The maximum absolute atomic E-state index is 8.70. The lowest BCUT2D eigenvalue weighted by atomic mass is 9.86. The Bertz CT molecular complexity index is 458. The number of hydrogen-bond acceptors (Lipinski definition) is 3. The van der Waals surface area contributed by atoms with Crippen molar-refractivity contribution in [1.82, 2.24) is 0 Å². The molecule has 1 rings (SSSR count). The molecule has 106 valence electrons. The number of halogens is 1. The summed E-state index contributed by atoms with van der Waals surface area (Å²) in [6.07, 6.45) is 1.77. The van der Waals surface area contributed by atoms with Gasteiger partial charge in [0, 0.05) is 22.7 Å². The van der Waals surface area contributed by atoms with E-state index in [1.165, 1.54) is 5.56 Å². The van der Waals surface area contributed by atoms with Gasteiger partial charge in [0.1, 0.15) is 5.84 Å². The maximum Gasteiger partial charge on any atom is 0.144 e.